The fraction of sp³-hybridized carbons (Fsp3) is 0.514. The first-order valence-corrected chi connectivity index (χ1v) is 15.8. The van der Waals surface area contributed by atoms with E-state index in [2.05, 4.69) is 90.1 Å². The maximum atomic E-state index is 5.23. The van der Waals surface area contributed by atoms with Crippen molar-refractivity contribution in [3.05, 3.63) is 77.7 Å². The minimum Gasteiger partial charge on any atom is -0.354 e. The van der Waals surface area contributed by atoms with Crippen molar-refractivity contribution in [2.45, 2.75) is 103 Å². The minimum atomic E-state index is 0.439. The van der Waals surface area contributed by atoms with Gasteiger partial charge < -0.3 is 10.6 Å². The zero-order valence-electron chi connectivity index (χ0n) is 24.8. The molecule has 0 saturated heterocycles. The molecule has 0 unspecified atom stereocenters. The Bertz CT molecular complexity index is 1140. The van der Waals surface area contributed by atoms with Gasteiger partial charge in [-0.3, -0.25) is 4.99 Å². The van der Waals surface area contributed by atoms with E-state index in [0.29, 0.717) is 5.92 Å². The van der Waals surface area contributed by atoms with Gasteiger partial charge in [0.1, 0.15) is 5.82 Å². The number of aryl methyl sites for hydroxylation is 2. The topological polar surface area (TPSA) is 62.2 Å². The molecule has 0 saturated carbocycles. The van der Waals surface area contributed by atoms with Crippen molar-refractivity contribution >= 4 is 11.6 Å². The number of aliphatic imine (C=N–C) groups is 1. The lowest BCUT2D eigenvalue weighted by Gasteiger charge is -2.18. The third-order valence-corrected chi connectivity index (χ3v) is 7.83. The van der Waals surface area contributed by atoms with Crippen LogP contribution in [-0.4, -0.2) is 29.0 Å². The first kappa shape index (κ1) is 29.8. The predicted molar refractivity (Wildman–Crippen MR) is 170 cm³/mol. The van der Waals surface area contributed by atoms with Gasteiger partial charge in [-0.2, -0.15) is 0 Å². The second-order valence-corrected chi connectivity index (χ2v) is 11.2. The van der Waals surface area contributed by atoms with Gasteiger partial charge in [0.05, 0.1) is 12.2 Å². The van der Waals surface area contributed by atoms with Crippen LogP contribution < -0.4 is 10.6 Å². The van der Waals surface area contributed by atoms with E-state index in [0.717, 1.165) is 61.1 Å². The van der Waals surface area contributed by atoms with E-state index in [4.69, 9.17) is 9.97 Å². The third kappa shape index (κ3) is 9.76. The Morgan fingerprint density at radius 1 is 0.775 bits per heavy atom. The van der Waals surface area contributed by atoms with E-state index in [1.54, 1.807) is 0 Å². The van der Waals surface area contributed by atoms with Crippen molar-refractivity contribution in [1.82, 2.24) is 15.3 Å². The molecular weight excluding hydrogens is 490 g/mol. The normalized spacial score (nSPS) is 12.9. The monoisotopic (exact) mass is 539 g/mol. The van der Waals surface area contributed by atoms with Crippen LogP contribution in [0.3, 0.4) is 0 Å². The number of benzene rings is 2. The van der Waals surface area contributed by atoms with Crippen molar-refractivity contribution < 1.29 is 0 Å². The number of anilines is 1. The minimum absolute atomic E-state index is 0.439. The summed E-state index contributed by atoms with van der Waals surface area (Å²) in [5, 5.41) is 6.65. The van der Waals surface area contributed by atoms with E-state index in [1.807, 2.05) is 0 Å². The maximum absolute atomic E-state index is 5.23. The number of guanidine groups is 1. The van der Waals surface area contributed by atoms with Crippen molar-refractivity contribution in [1.29, 1.82) is 0 Å². The highest BCUT2D eigenvalue weighted by atomic mass is 15.2. The molecule has 1 aromatic heterocycles. The fourth-order valence-electron chi connectivity index (χ4n) is 5.47. The van der Waals surface area contributed by atoms with Crippen LogP contribution in [0.25, 0.3) is 11.3 Å². The number of aromatic nitrogens is 2. The molecule has 2 aromatic carbocycles. The molecule has 4 rings (SSSR count). The van der Waals surface area contributed by atoms with Crippen LogP contribution in [0.1, 0.15) is 107 Å². The molecule has 1 aliphatic rings. The quantitative estimate of drug-likeness (QED) is 0.168. The Morgan fingerprint density at radius 3 is 2.15 bits per heavy atom. The molecule has 2 N–H and O–H groups in total. The summed E-state index contributed by atoms with van der Waals surface area (Å²) in [5.74, 6) is 2.35. The van der Waals surface area contributed by atoms with Gasteiger partial charge in [0.25, 0.3) is 0 Å². The summed E-state index contributed by atoms with van der Waals surface area (Å²) in [4.78, 5) is 14.9. The molecular formula is C35H49N5. The summed E-state index contributed by atoms with van der Waals surface area (Å²) >= 11 is 0. The van der Waals surface area contributed by atoms with E-state index in [-0.39, 0.29) is 0 Å². The van der Waals surface area contributed by atoms with E-state index in [1.165, 1.54) is 75.5 Å². The summed E-state index contributed by atoms with van der Waals surface area (Å²) in [6.45, 7) is 6.30. The Hall–Kier alpha value is -3.21. The Morgan fingerprint density at radius 2 is 1.50 bits per heavy atom. The number of unbranched alkanes of at least 4 members (excludes halogenated alkanes) is 6. The first-order valence-electron chi connectivity index (χ1n) is 15.8. The second kappa shape index (κ2) is 16.8. The number of hydrogen-bond donors (Lipinski definition) is 2. The molecule has 0 fully saturated rings. The van der Waals surface area contributed by atoms with Gasteiger partial charge in [0.2, 0.25) is 0 Å². The largest absolute Gasteiger partial charge is 0.354 e. The zero-order valence-corrected chi connectivity index (χ0v) is 24.8. The van der Waals surface area contributed by atoms with Crippen molar-refractivity contribution in [3.63, 3.8) is 0 Å². The summed E-state index contributed by atoms with van der Waals surface area (Å²) in [6, 6.07) is 21.6. The van der Waals surface area contributed by atoms with Gasteiger partial charge in [-0.05, 0) is 55.9 Å². The molecule has 1 aliphatic heterocycles. The van der Waals surface area contributed by atoms with Crippen LogP contribution >= 0.6 is 0 Å². The lowest BCUT2D eigenvalue weighted by molar-refractivity contribution is 0.478. The molecule has 0 atom stereocenters. The van der Waals surface area contributed by atoms with Gasteiger partial charge in [-0.1, -0.05) is 108 Å². The van der Waals surface area contributed by atoms with Crippen LogP contribution in [0.5, 0.6) is 0 Å². The van der Waals surface area contributed by atoms with Crippen molar-refractivity contribution in [3.8, 4) is 11.3 Å². The highest BCUT2D eigenvalue weighted by Gasteiger charge is 2.17. The summed E-state index contributed by atoms with van der Waals surface area (Å²) in [6.07, 6.45) is 15.8. The lowest BCUT2D eigenvalue weighted by atomic mass is 9.93. The fourth-order valence-corrected chi connectivity index (χ4v) is 5.47. The summed E-state index contributed by atoms with van der Waals surface area (Å²) in [5.41, 5.74) is 5.81. The molecule has 0 spiro atoms. The van der Waals surface area contributed by atoms with Gasteiger partial charge in [-0.15, -0.1) is 0 Å². The average Bonchev–Trinajstić information content (AvgIpc) is 3.50. The number of hydrogen-bond acceptors (Lipinski definition) is 5. The van der Waals surface area contributed by atoms with Crippen LogP contribution in [0, 0.1) is 0 Å². The third-order valence-electron chi connectivity index (χ3n) is 7.83. The summed E-state index contributed by atoms with van der Waals surface area (Å²) < 4.78 is 0. The van der Waals surface area contributed by atoms with E-state index in [9.17, 15) is 0 Å². The molecule has 5 heteroatoms. The number of nitrogens with one attached hydrogen (secondary N) is 2. The molecule has 0 radical (unpaired) electrons. The van der Waals surface area contributed by atoms with E-state index < -0.39 is 0 Å². The molecule has 40 heavy (non-hydrogen) atoms. The predicted octanol–water partition coefficient (Wildman–Crippen LogP) is 8.71. The van der Waals surface area contributed by atoms with Crippen LogP contribution in [0.2, 0.25) is 0 Å². The molecule has 0 bridgehead atoms. The van der Waals surface area contributed by atoms with Gasteiger partial charge >= 0.3 is 0 Å². The Kier molecular flexibility index (Phi) is 12.5. The van der Waals surface area contributed by atoms with Crippen LogP contribution in [-0.2, 0) is 12.8 Å². The molecule has 214 valence electrons. The lowest BCUT2D eigenvalue weighted by Crippen LogP contribution is -2.26. The Balaban J connectivity index is 1.54. The number of nitrogens with zero attached hydrogens (tertiary/aromatic N) is 3. The maximum Gasteiger partial charge on any atom is 0.195 e. The van der Waals surface area contributed by atoms with Crippen LogP contribution in [0.4, 0.5) is 5.69 Å². The zero-order chi connectivity index (χ0) is 27.8. The van der Waals surface area contributed by atoms with E-state index >= 15 is 0 Å². The summed E-state index contributed by atoms with van der Waals surface area (Å²) in [7, 11) is 0. The first-order chi connectivity index (χ1) is 19.7. The number of rotatable bonds is 17. The molecule has 5 nitrogen and oxygen atoms in total. The molecule has 2 heterocycles. The highest BCUT2D eigenvalue weighted by molar-refractivity contribution is 5.94. The standard InChI is InChI=1S/C35H49N5/c1-3-5-7-12-18-30(19-13-8-6-4-2)34-38-32(20-14-17-28-15-10-9-11-16-28)27-33(40-34)29-21-23-31(24-22-29)39-35-36-25-26-37-35/h9-11,15-16,21-24,27,30H,3-8,12-14,17-20,25-26H2,1-2H3,(H2,36,37,39). The van der Waals surface area contributed by atoms with Crippen molar-refractivity contribution in [2.24, 2.45) is 4.99 Å². The van der Waals surface area contributed by atoms with Gasteiger partial charge in [0, 0.05) is 29.4 Å². The Labute approximate surface area is 242 Å². The second-order valence-electron chi connectivity index (χ2n) is 11.2. The smallest absolute Gasteiger partial charge is 0.195 e. The van der Waals surface area contributed by atoms with Gasteiger partial charge in [-0.25, -0.2) is 9.97 Å². The van der Waals surface area contributed by atoms with Crippen molar-refractivity contribution in [2.75, 3.05) is 18.4 Å². The SMILES string of the molecule is CCCCCCC(CCCCCC)c1nc(CCCc2ccccc2)cc(-c2ccc(NC3=NCCN3)cc2)n1. The molecule has 3 aromatic rings. The average molecular weight is 540 g/mol. The van der Waals surface area contributed by atoms with Crippen LogP contribution in [0.15, 0.2) is 65.7 Å². The molecule has 0 aliphatic carbocycles. The van der Waals surface area contributed by atoms with Gasteiger partial charge in [0.15, 0.2) is 5.96 Å². The highest BCUT2D eigenvalue weighted by Crippen LogP contribution is 2.29. The molecule has 0 amide bonds.